The second-order valence-electron chi connectivity index (χ2n) is 11.6. The zero-order valence-corrected chi connectivity index (χ0v) is 27.2. The summed E-state index contributed by atoms with van der Waals surface area (Å²) in [6.45, 7) is 23.8. The standard InChI is InChI=1S/2C16H21.2ClH.Zr/c2*1-10(2)13-6-7-14(11(3)4)16-9-12(5)8-15(13)16;;;/h2*6-11H,1-5H3;2*1H;/q;;;;+2/p-2. The molecule has 0 radical (unpaired) electrons. The van der Waals surface area contributed by atoms with E-state index in [1.54, 1.807) is 55.7 Å². The SMILES string of the molecule is CC1=Cc2c(C(C)C)ccc(C(C)C)c2[CH]1[Zr+2][CH]1C(C)=Cc2c(C(C)C)ccc(C(C)C)c21.[Cl-].[Cl-]. The van der Waals surface area contributed by atoms with Gasteiger partial charge in [-0.25, -0.2) is 0 Å². The minimum atomic E-state index is -0.844. The van der Waals surface area contributed by atoms with Crippen LogP contribution >= 0.6 is 0 Å². The molecule has 0 heterocycles. The Hall–Kier alpha value is -0.617. The van der Waals surface area contributed by atoms with Crippen molar-refractivity contribution in [1.82, 2.24) is 0 Å². The van der Waals surface area contributed by atoms with Crippen LogP contribution in [-0.4, -0.2) is 0 Å². The molecule has 2 aliphatic rings. The fourth-order valence-electron chi connectivity index (χ4n) is 5.99. The van der Waals surface area contributed by atoms with E-state index in [9.17, 15) is 0 Å². The maximum Gasteiger partial charge on any atom is -1.00 e. The molecule has 0 N–H and O–H groups in total. The molecule has 188 valence electrons. The molecule has 0 saturated carbocycles. The molecular formula is C32H42Cl2Zr. The molecule has 35 heavy (non-hydrogen) atoms. The summed E-state index contributed by atoms with van der Waals surface area (Å²) >= 11 is -0.844. The molecular weight excluding hydrogens is 546 g/mol. The normalized spacial score (nSPS) is 18.2. The van der Waals surface area contributed by atoms with Gasteiger partial charge >= 0.3 is 215 Å². The predicted molar refractivity (Wildman–Crippen MR) is 142 cm³/mol. The van der Waals surface area contributed by atoms with Gasteiger partial charge in [0, 0.05) is 0 Å². The van der Waals surface area contributed by atoms with Crippen molar-refractivity contribution in [3.63, 3.8) is 0 Å². The van der Waals surface area contributed by atoms with E-state index in [0.717, 1.165) is 0 Å². The maximum atomic E-state index is 2.56. The van der Waals surface area contributed by atoms with Crippen LogP contribution in [0.5, 0.6) is 0 Å². The molecule has 2 unspecified atom stereocenters. The van der Waals surface area contributed by atoms with E-state index in [0.29, 0.717) is 30.9 Å². The Morgan fingerprint density at radius 1 is 0.514 bits per heavy atom. The molecule has 2 aliphatic carbocycles. The third-order valence-electron chi connectivity index (χ3n) is 7.76. The van der Waals surface area contributed by atoms with E-state index in [1.165, 1.54) is 0 Å². The van der Waals surface area contributed by atoms with Crippen LogP contribution in [-0.2, 0) is 23.2 Å². The van der Waals surface area contributed by atoms with Gasteiger partial charge in [-0.05, 0) is 0 Å². The van der Waals surface area contributed by atoms with Crippen LogP contribution in [0, 0.1) is 0 Å². The smallest absolute Gasteiger partial charge is 1.00 e. The minimum absolute atomic E-state index is 0. The molecule has 3 heteroatoms. The van der Waals surface area contributed by atoms with Gasteiger partial charge in [-0.15, -0.1) is 0 Å². The van der Waals surface area contributed by atoms with Crippen molar-refractivity contribution in [1.29, 1.82) is 0 Å². The van der Waals surface area contributed by atoms with Crippen LogP contribution in [0.25, 0.3) is 12.2 Å². The Morgan fingerprint density at radius 2 is 0.800 bits per heavy atom. The van der Waals surface area contributed by atoms with Crippen molar-refractivity contribution in [3.8, 4) is 0 Å². The van der Waals surface area contributed by atoms with Gasteiger partial charge in [0.05, 0.1) is 0 Å². The second-order valence-corrected chi connectivity index (χ2v) is 15.2. The number of hydrogen-bond donors (Lipinski definition) is 0. The van der Waals surface area contributed by atoms with Crippen LogP contribution in [0.2, 0.25) is 0 Å². The molecule has 0 aromatic heterocycles. The molecule has 0 fully saturated rings. The predicted octanol–water partition coefficient (Wildman–Crippen LogP) is 3.89. The van der Waals surface area contributed by atoms with E-state index in [4.69, 9.17) is 0 Å². The monoisotopic (exact) mass is 586 g/mol. The van der Waals surface area contributed by atoms with Gasteiger partial charge < -0.3 is 24.8 Å². The number of halogens is 2. The minimum Gasteiger partial charge on any atom is -1.00 e. The van der Waals surface area contributed by atoms with Crippen LogP contribution < -0.4 is 24.8 Å². The van der Waals surface area contributed by atoms with Crippen molar-refractivity contribution in [2.75, 3.05) is 0 Å². The van der Waals surface area contributed by atoms with E-state index >= 15 is 0 Å². The summed E-state index contributed by atoms with van der Waals surface area (Å²) in [6.07, 6.45) is 5.12. The van der Waals surface area contributed by atoms with Gasteiger partial charge in [-0.1, -0.05) is 0 Å². The second kappa shape index (κ2) is 11.8. The summed E-state index contributed by atoms with van der Waals surface area (Å²) in [4.78, 5) is 0. The molecule has 0 amide bonds. The summed E-state index contributed by atoms with van der Waals surface area (Å²) in [7, 11) is 0. The first-order valence-electron chi connectivity index (χ1n) is 13.0. The zero-order valence-electron chi connectivity index (χ0n) is 23.2. The summed E-state index contributed by atoms with van der Waals surface area (Å²) < 4.78 is 1.36. The molecule has 2 atom stereocenters. The van der Waals surface area contributed by atoms with Crippen LogP contribution in [0.15, 0.2) is 35.4 Å². The zero-order chi connectivity index (χ0) is 24.2. The van der Waals surface area contributed by atoms with E-state index < -0.39 is 23.2 Å². The topological polar surface area (TPSA) is 0 Å². The fraction of sp³-hybridized carbons (Fsp3) is 0.500. The van der Waals surface area contributed by atoms with Crippen molar-refractivity contribution in [2.24, 2.45) is 0 Å². The number of hydrogen-bond acceptors (Lipinski definition) is 0. The fourth-order valence-corrected chi connectivity index (χ4v) is 10.9. The Bertz CT molecular complexity index is 1050. The Morgan fingerprint density at radius 3 is 1.09 bits per heavy atom. The van der Waals surface area contributed by atoms with Crippen molar-refractivity contribution >= 4 is 12.2 Å². The largest absolute Gasteiger partial charge is 1.00 e. The summed E-state index contributed by atoms with van der Waals surface area (Å²) in [5, 5.41) is 0. The van der Waals surface area contributed by atoms with Crippen LogP contribution in [0.4, 0.5) is 0 Å². The molecule has 4 rings (SSSR count). The molecule has 0 aliphatic heterocycles. The number of fused-ring (bicyclic) bond motifs is 2. The van der Waals surface area contributed by atoms with Crippen LogP contribution in [0.3, 0.4) is 0 Å². The van der Waals surface area contributed by atoms with Gasteiger partial charge in [0.25, 0.3) is 0 Å². The number of benzene rings is 2. The quantitative estimate of drug-likeness (QED) is 0.481. The van der Waals surface area contributed by atoms with E-state index in [1.807, 2.05) is 0 Å². The Balaban J connectivity index is 0.00000216. The molecule has 0 bridgehead atoms. The van der Waals surface area contributed by atoms with Gasteiger partial charge in [-0.2, -0.15) is 0 Å². The third kappa shape index (κ3) is 5.49. The first-order chi connectivity index (χ1) is 15.5. The molecule has 2 aromatic rings. The van der Waals surface area contributed by atoms with Crippen molar-refractivity contribution in [3.05, 3.63) is 79.9 Å². The van der Waals surface area contributed by atoms with Crippen molar-refractivity contribution < 1.29 is 48.0 Å². The summed E-state index contributed by atoms with van der Waals surface area (Å²) in [5.41, 5.74) is 16.1. The molecule has 2 aromatic carbocycles. The van der Waals surface area contributed by atoms with Gasteiger partial charge in [0.1, 0.15) is 0 Å². The maximum absolute atomic E-state index is 2.56. The number of allylic oxidation sites excluding steroid dienone is 2. The van der Waals surface area contributed by atoms with Gasteiger partial charge in [-0.3, -0.25) is 0 Å². The number of rotatable bonds is 6. The van der Waals surface area contributed by atoms with Crippen LogP contribution in [0.1, 0.15) is 145 Å². The average Bonchev–Trinajstić information content (AvgIpc) is 3.23. The van der Waals surface area contributed by atoms with Crippen molar-refractivity contribution in [2.45, 2.75) is 100 Å². The molecule has 0 saturated heterocycles. The summed E-state index contributed by atoms with van der Waals surface area (Å²) in [6, 6.07) is 9.74. The van der Waals surface area contributed by atoms with E-state index in [2.05, 4.69) is 106 Å². The van der Waals surface area contributed by atoms with Gasteiger partial charge in [0.15, 0.2) is 0 Å². The Labute approximate surface area is 238 Å². The molecule has 0 nitrogen and oxygen atoms in total. The molecule has 0 spiro atoms. The third-order valence-corrected chi connectivity index (χ3v) is 13.1. The Kier molecular flexibility index (Phi) is 10.4. The summed E-state index contributed by atoms with van der Waals surface area (Å²) in [5.74, 6) is 2.30. The first kappa shape index (κ1) is 30.6. The van der Waals surface area contributed by atoms with E-state index in [-0.39, 0.29) is 24.8 Å². The van der Waals surface area contributed by atoms with Gasteiger partial charge in [0.2, 0.25) is 0 Å². The average molecular weight is 589 g/mol. The first-order valence-corrected chi connectivity index (χ1v) is 15.8.